The Morgan fingerprint density at radius 3 is 2.80 bits per heavy atom. The summed E-state index contributed by atoms with van der Waals surface area (Å²) in [5.74, 6) is 0.0372. The maximum absolute atomic E-state index is 11.5. The minimum atomic E-state index is -0.536. The fourth-order valence-corrected chi connectivity index (χ4v) is 1.69. The first kappa shape index (κ1) is 14.3. The molecule has 20 heavy (non-hydrogen) atoms. The fraction of sp³-hybridized carbons (Fsp3) is 0.429. The molecule has 0 saturated carbocycles. The molecule has 6 heteroatoms. The highest BCUT2D eigenvalue weighted by atomic mass is 16.6. The number of aliphatic hydroxyl groups is 1. The summed E-state index contributed by atoms with van der Waals surface area (Å²) in [6, 6.07) is 5.02. The zero-order chi connectivity index (χ0) is 14.8. The van der Waals surface area contributed by atoms with E-state index in [-0.39, 0.29) is 13.2 Å². The van der Waals surface area contributed by atoms with Crippen molar-refractivity contribution in [2.24, 2.45) is 0 Å². The summed E-state index contributed by atoms with van der Waals surface area (Å²) in [4.78, 5) is 11.5. The lowest BCUT2D eigenvalue weighted by atomic mass is 10.2. The first-order valence-corrected chi connectivity index (χ1v) is 6.23. The van der Waals surface area contributed by atoms with E-state index in [1.54, 1.807) is 39.0 Å². The molecule has 0 saturated heterocycles. The average molecular weight is 279 g/mol. The van der Waals surface area contributed by atoms with Gasteiger partial charge in [-0.15, -0.1) is 0 Å². The largest absolute Gasteiger partial charge is 0.482 e. The maximum Gasteiger partial charge on any atom is 0.344 e. The van der Waals surface area contributed by atoms with Crippen LogP contribution in [0.4, 0.5) is 0 Å². The zero-order valence-electron chi connectivity index (χ0n) is 11.7. The van der Waals surface area contributed by atoms with Gasteiger partial charge in [0.1, 0.15) is 17.0 Å². The Morgan fingerprint density at radius 1 is 1.40 bits per heavy atom. The summed E-state index contributed by atoms with van der Waals surface area (Å²) in [5.41, 5.74) is 0.431. The summed E-state index contributed by atoms with van der Waals surface area (Å²) in [6.45, 7) is 5.01. The number of fused-ring (bicyclic) bond motifs is 1. The molecule has 2 rings (SSSR count). The molecule has 108 valence electrons. The maximum atomic E-state index is 11.5. The third kappa shape index (κ3) is 3.48. The van der Waals surface area contributed by atoms with Crippen molar-refractivity contribution in [2.45, 2.75) is 33.0 Å². The Bertz CT molecular complexity index is 612. The van der Waals surface area contributed by atoms with Crippen LogP contribution in [-0.2, 0) is 16.1 Å². The Balaban J connectivity index is 2.02. The number of hydrogen-bond acceptors (Lipinski definition) is 6. The molecule has 0 aliphatic rings. The minimum Gasteiger partial charge on any atom is -0.482 e. The van der Waals surface area contributed by atoms with Gasteiger partial charge in [0.05, 0.1) is 6.61 Å². The predicted octanol–water partition coefficient (Wildman–Crippen LogP) is 2.04. The van der Waals surface area contributed by atoms with Gasteiger partial charge in [-0.2, -0.15) is 0 Å². The van der Waals surface area contributed by atoms with Crippen molar-refractivity contribution in [3.63, 3.8) is 0 Å². The quantitative estimate of drug-likeness (QED) is 0.862. The van der Waals surface area contributed by atoms with Gasteiger partial charge in [0.2, 0.25) is 0 Å². The average Bonchev–Trinajstić information content (AvgIpc) is 2.76. The van der Waals surface area contributed by atoms with E-state index in [1.165, 1.54) is 0 Å². The number of rotatable bonds is 4. The Kier molecular flexibility index (Phi) is 3.94. The summed E-state index contributed by atoms with van der Waals surface area (Å²) in [6.07, 6.45) is 0. The van der Waals surface area contributed by atoms with E-state index in [0.717, 1.165) is 5.39 Å². The molecule has 0 spiro atoms. The lowest BCUT2D eigenvalue weighted by molar-refractivity contribution is -0.157. The standard InChI is InChI=1S/C14H17NO5/c1-14(2,3)19-13(17)8-18-9-4-5-10-11(7-16)15-20-12(10)6-9/h4-6,16H,7-8H2,1-3H3. The molecule has 2 aromatic rings. The van der Waals surface area contributed by atoms with Crippen molar-refractivity contribution in [1.29, 1.82) is 0 Å². The van der Waals surface area contributed by atoms with E-state index < -0.39 is 11.6 Å². The number of hydrogen-bond donors (Lipinski definition) is 1. The third-order valence-electron chi connectivity index (χ3n) is 2.44. The van der Waals surface area contributed by atoms with E-state index in [9.17, 15) is 4.79 Å². The van der Waals surface area contributed by atoms with Gasteiger partial charge < -0.3 is 19.1 Å². The fourth-order valence-electron chi connectivity index (χ4n) is 1.69. The molecular formula is C14H17NO5. The molecule has 0 unspecified atom stereocenters. The summed E-state index contributed by atoms with van der Waals surface area (Å²) < 4.78 is 15.5. The third-order valence-corrected chi connectivity index (χ3v) is 2.44. The molecule has 0 bridgehead atoms. The Labute approximate surface area is 116 Å². The van der Waals surface area contributed by atoms with Gasteiger partial charge in [-0.1, -0.05) is 5.16 Å². The number of aromatic nitrogens is 1. The van der Waals surface area contributed by atoms with Crippen molar-refractivity contribution in [2.75, 3.05) is 6.61 Å². The zero-order valence-corrected chi connectivity index (χ0v) is 11.7. The van der Waals surface area contributed by atoms with E-state index in [1.807, 2.05) is 0 Å². The molecule has 0 atom stereocenters. The first-order chi connectivity index (χ1) is 9.39. The van der Waals surface area contributed by atoms with Gasteiger partial charge >= 0.3 is 5.97 Å². The highest BCUT2D eigenvalue weighted by Crippen LogP contribution is 2.23. The summed E-state index contributed by atoms with van der Waals surface area (Å²) in [5, 5.41) is 13.5. The van der Waals surface area contributed by atoms with Crippen molar-refractivity contribution < 1.29 is 23.9 Å². The summed E-state index contributed by atoms with van der Waals surface area (Å²) >= 11 is 0. The second kappa shape index (κ2) is 5.50. The minimum absolute atomic E-state index is 0.177. The van der Waals surface area contributed by atoms with Gasteiger partial charge in [0, 0.05) is 11.5 Å². The van der Waals surface area contributed by atoms with Gasteiger partial charge in [-0.3, -0.25) is 0 Å². The molecule has 0 radical (unpaired) electrons. The number of aliphatic hydroxyl groups excluding tert-OH is 1. The topological polar surface area (TPSA) is 81.8 Å². The molecule has 0 aliphatic carbocycles. The van der Waals surface area contributed by atoms with Crippen LogP contribution in [0.15, 0.2) is 22.7 Å². The molecule has 1 N–H and O–H groups in total. The van der Waals surface area contributed by atoms with Crippen LogP contribution >= 0.6 is 0 Å². The van der Waals surface area contributed by atoms with Gasteiger partial charge in [0.15, 0.2) is 12.2 Å². The molecule has 1 aromatic carbocycles. The molecule has 0 amide bonds. The van der Waals surface area contributed by atoms with Crippen LogP contribution in [0, 0.1) is 0 Å². The molecule has 0 aliphatic heterocycles. The molecule has 1 heterocycles. The number of nitrogens with zero attached hydrogens (tertiary/aromatic N) is 1. The normalized spacial score (nSPS) is 11.6. The van der Waals surface area contributed by atoms with Crippen molar-refractivity contribution in [3.05, 3.63) is 23.9 Å². The van der Waals surface area contributed by atoms with Crippen LogP contribution in [0.3, 0.4) is 0 Å². The van der Waals surface area contributed by atoms with Gasteiger partial charge in [-0.05, 0) is 32.9 Å². The number of esters is 1. The number of carbonyl (C=O) groups is 1. The van der Waals surface area contributed by atoms with Crippen molar-refractivity contribution in [3.8, 4) is 5.75 Å². The van der Waals surface area contributed by atoms with Crippen LogP contribution in [-0.4, -0.2) is 28.4 Å². The molecule has 0 fully saturated rings. The number of carbonyl (C=O) groups excluding carboxylic acids is 1. The Hall–Kier alpha value is -2.08. The number of benzene rings is 1. The van der Waals surface area contributed by atoms with E-state index in [4.69, 9.17) is 19.1 Å². The summed E-state index contributed by atoms with van der Waals surface area (Å²) in [7, 11) is 0. The van der Waals surface area contributed by atoms with Crippen LogP contribution < -0.4 is 4.74 Å². The molecule has 1 aromatic heterocycles. The Morgan fingerprint density at radius 2 is 2.15 bits per heavy atom. The van der Waals surface area contributed by atoms with Gasteiger partial charge in [-0.25, -0.2) is 4.79 Å². The molecular weight excluding hydrogens is 262 g/mol. The van der Waals surface area contributed by atoms with Crippen molar-refractivity contribution >= 4 is 16.9 Å². The van der Waals surface area contributed by atoms with Crippen molar-refractivity contribution in [1.82, 2.24) is 5.16 Å². The van der Waals surface area contributed by atoms with E-state index in [0.29, 0.717) is 17.0 Å². The van der Waals surface area contributed by atoms with Crippen LogP contribution in [0.1, 0.15) is 26.5 Å². The van der Waals surface area contributed by atoms with Crippen LogP contribution in [0.2, 0.25) is 0 Å². The van der Waals surface area contributed by atoms with Crippen LogP contribution in [0.5, 0.6) is 5.75 Å². The second-order valence-corrected chi connectivity index (χ2v) is 5.32. The lowest BCUT2D eigenvalue weighted by Gasteiger charge is -2.19. The smallest absolute Gasteiger partial charge is 0.344 e. The second-order valence-electron chi connectivity index (χ2n) is 5.32. The van der Waals surface area contributed by atoms with E-state index >= 15 is 0 Å². The first-order valence-electron chi connectivity index (χ1n) is 6.23. The van der Waals surface area contributed by atoms with Crippen LogP contribution in [0.25, 0.3) is 11.0 Å². The monoisotopic (exact) mass is 279 g/mol. The highest BCUT2D eigenvalue weighted by molar-refractivity contribution is 5.80. The molecule has 6 nitrogen and oxygen atoms in total. The number of ether oxygens (including phenoxy) is 2. The SMILES string of the molecule is CC(C)(C)OC(=O)COc1ccc2c(CO)noc2c1. The van der Waals surface area contributed by atoms with Gasteiger partial charge in [0.25, 0.3) is 0 Å². The predicted molar refractivity (Wildman–Crippen MR) is 71.3 cm³/mol. The highest BCUT2D eigenvalue weighted by Gasteiger charge is 2.17. The van der Waals surface area contributed by atoms with E-state index in [2.05, 4.69) is 5.16 Å². The lowest BCUT2D eigenvalue weighted by Crippen LogP contribution is -2.27.